The first-order chi connectivity index (χ1) is 10.6. The van der Waals surface area contributed by atoms with Gasteiger partial charge in [0, 0.05) is 14.9 Å². The fraction of sp³-hybridized carbons (Fsp3) is 0.125. The minimum absolute atomic E-state index is 0.109. The molecule has 1 amide bonds. The summed E-state index contributed by atoms with van der Waals surface area (Å²) in [6, 6.07) is 16.3. The van der Waals surface area contributed by atoms with E-state index < -0.39 is 18.0 Å². The standard InChI is InChI=1S/C16H14BrNO3S/c17-12-6-8-13(9-7-12)22-10-14(19)21-15(16(18)20)11-4-2-1-3-5-11/h1-9,15H,10H2,(H2,18,20)/t15-/m1/s1. The first-order valence-electron chi connectivity index (χ1n) is 6.48. The van der Waals surface area contributed by atoms with E-state index in [2.05, 4.69) is 15.9 Å². The smallest absolute Gasteiger partial charge is 0.317 e. The molecule has 0 saturated carbocycles. The molecule has 0 aliphatic rings. The van der Waals surface area contributed by atoms with E-state index in [1.54, 1.807) is 24.3 Å². The van der Waals surface area contributed by atoms with E-state index in [4.69, 9.17) is 10.5 Å². The highest BCUT2D eigenvalue weighted by Gasteiger charge is 2.22. The van der Waals surface area contributed by atoms with Crippen LogP contribution in [0.2, 0.25) is 0 Å². The van der Waals surface area contributed by atoms with E-state index in [-0.39, 0.29) is 5.75 Å². The van der Waals surface area contributed by atoms with E-state index in [9.17, 15) is 9.59 Å². The number of halogens is 1. The van der Waals surface area contributed by atoms with Crippen molar-refractivity contribution in [1.82, 2.24) is 0 Å². The molecule has 0 aromatic heterocycles. The van der Waals surface area contributed by atoms with Crippen LogP contribution >= 0.6 is 27.7 Å². The summed E-state index contributed by atoms with van der Waals surface area (Å²) in [5.41, 5.74) is 5.88. The van der Waals surface area contributed by atoms with Crippen molar-refractivity contribution in [2.24, 2.45) is 5.73 Å². The topological polar surface area (TPSA) is 69.4 Å². The van der Waals surface area contributed by atoms with Gasteiger partial charge in [0.15, 0.2) is 0 Å². The summed E-state index contributed by atoms with van der Waals surface area (Å²) in [4.78, 5) is 24.3. The summed E-state index contributed by atoms with van der Waals surface area (Å²) in [5, 5.41) is 0. The SMILES string of the molecule is NC(=O)[C@H](OC(=O)CSc1ccc(Br)cc1)c1ccccc1. The van der Waals surface area contributed by atoms with Crippen LogP contribution in [-0.2, 0) is 14.3 Å². The number of primary amides is 1. The van der Waals surface area contributed by atoms with Crippen molar-refractivity contribution in [3.63, 3.8) is 0 Å². The molecule has 0 saturated heterocycles. The average molecular weight is 380 g/mol. The van der Waals surface area contributed by atoms with Crippen molar-refractivity contribution < 1.29 is 14.3 Å². The van der Waals surface area contributed by atoms with Crippen LogP contribution in [0.3, 0.4) is 0 Å². The number of rotatable bonds is 6. The van der Waals surface area contributed by atoms with Crippen molar-refractivity contribution in [1.29, 1.82) is 0 Å². The van der Waals surface area contributed by atoms with Crippen molar-refractivity contribution >= 4 is 39.6 Å². The summed E-state index contributed by atoms with van der Waals surface area (Å²) in [5.74, 6) is -1.06. The van der Waals surface area contributed by atoms with Gasteiger partial charge in [-0.3, -0.25) is 9.59 Å². The van der Waals surface area contributed by atoms with Crippen LogP contribution in [0.1, 0.15) is 11.7 Å². The van der Waals surface area contributed by atoms with Crippen LogP contribution in [0.4, 0.5) is 0 Å². The van der Waals surface area contributed by atoms with Gasteiger partial charge in [0.25, 0.3) is 5.91 Å². The molecule has 0 spiro atoms. The van der Waals surface area contributed by atoms with Gasteiger partial charge in [-0.05, 0) is 24.3 Å². The highest BCUT2D eigenvalue weighted by molar-refractivity contribution is 9.10. The Balaban J connectivity index is 1.94. The average Bonchev–Trinajstić information content (AvgIpc) is 2.52. The molecular formula is C16H14BrNO3S. The number of carbonyl (C=O) groups is 2. The maximum atomic E-state index is 11.9. The predicted octanol–water partition coefficient (Wildman–Crippen LogP) is 3.31. The Kier molecular flexibility index (Phi) is 6.03. The fourth-order valence-corrected chi connectivity index (χ4v) is 2.70. The monoisotopic (exact) mass is 379 g/mol. The number of benzene rings is 2. The Morgan fingerprint density at radius 2 is 1.73 bits per heavy atom. The van der Waals surface area contributed by atoms with Crippen LogP contribution in [0.15, 0.2) is 64.0 Å². The highest BCUT2D eigenvalue weighted by Crippen LogP contribution is 2.22. The van der Waals surface area contributed by atoms with Crippen LogP contribution in [0.5, 0.6) is 0 Å². The third kappa shape index (κ3) is 4.89. The van der Waals surface area contributed by atoms with Gasteiger partial charge in [-0.1, -0.05) is 46.3 Å². The molecule has 0 bridgehead atoms. The number of carbonyl (C=O) groups excluding carboxylic acids is 2. The normalized spacial score (nSPS) is 11.7. The number of thioether (sulfide) groups is 1. The van der Waals surface area contributed by atoms with Gasteiger partial charge in [0.1, 0.15) is 0 Å². The minimum Gasteiger partial charge on any atom is -0.447 e. The minimum atomic E-state index is -1.06. The van der Waals surface area contributed by atoms with E-state index in [0.717, 1.165) is 9.37 Å². The van der Waals surface area contributed by atoms with Gasteiger partial charge < -0.3 is 10.5 Å². The molecule has 2 rings (SSSR count). The highest BCUT2D eigenvalue weighted by atomic mass is 79.9. The number of nitrogens with two attached hydrogens (primary N) is 1. The van der Waals surface area contributed by atoms with Gasteiger partial charge in [-0.15, -0.1) is 11.8 Å². The maximum Gasteiger partial charge on any atom is 0.317 e. The molecule has 2 aromatic carbocycles. The fourth-order valence-electron chi connectivity index (χ4n) is 1.76. The van der Waals surface area contributed by atoms with Crippen molar-refractivity contribution in [2.75, 3.05) is 5.75 Å². The molecule has 4 nitrogen and oxygen atoms in total. The molecular weight excluding hydrogens is 366 g/mol. The molecule has 0 unspecified atom stereocenters. The Labute approximate surface area is 141 Å². The molecule has 0 aliphatic heterocycles. The summed E-state index contributed by atoms with van der Waals surface area (Å²) in [6.07, 6.45) is -1.06. The summed E-state index contributed by atoms with van der Waals surface area (Å²) < 4.78 is 6.17. The second kappa shape index (κ2) is 8.00. The van der Waals surface area contributed by atoms with E-state index in [1.807, 2.05) is 30.3 Å². The molecule has 114 valence electrons. The van der Waals surface area contributed by atoms with Crippen molar-refractivity contribution in [3.8, 4) is 0 Å². The van der Waals surface area contributed by atoms with Crippen LogP contribution in [0.25, 0.3) is 0 Å². The lowest BCUT2D eigenvalue weighted by molar-refractivity contribution is -0.152. The molecule has 6 heteroatoms. The summed E-state index contributed by atoms with van der Waals surface area (Å²) >= 11 is 4.69. The zero-order valence-electron chi connectivity index (χ0n) is 11.6. The van der Waals surface area contributed by atoms with E-state index in [0.29, 0.717) is 5.56 Å². The second-order valence-electron chi connectivity index (χ2n) is 4.43. The zero-order chi connectivity index (χ0) is 15.9. The summed E-state index contributed by atoms with van der Waals surface area (Å²) in [7, 11) is 0. The largest absolute Gasteiger partial charge is 0.447 e. The number of hydrogen-bond acceptors (Lipinski definition) is 4. The van der Waals surface area contributed by atoms with Gasteiger partial charge in [-0.25, -0.2) is 0 Å². The van der Waals surface area contributed by atoms with E-state index in [1.165, 1.54) is 11.8 Å². The zero-order valence-corrected chi connectivity index (χ0v) is 14.0. The molecule has 1 atom stereocenters. The van der Waals surface area contributed by atoms with Crippen molar-refractivity contribution in [2.45, 2.75) is 11.0 Å². The molecule has 2 N–H and O–H groups in total. The molecule has 0 heterocycles. The van der Waals surface area contributed by atoms with Gasteiger partial charge in [0.05, 0.1) is 5.75 Å². The second-order valence-corrected chi connectivity index (χ2v) is 6.39. The van der Waals surface area contributed by atoms with E-state index >= 15 is 0 Å². The lowest BCUT2D eigenvalue weighted by atomic mass is 10.1. The van der Waals surface area contributed by atoms with Gasteiger partial charge in [0.2, 0.25) is 6.10 Å². The lowest BCUT2D eigenvalue weighted by Gasteiger charge is -2.14. The molecule has 0 radical (unpaired) electrons. The van der Waals surface area contributed by atoms with Gasteiger partial charge >= 0.3 is 5.97 Å². The molecule has 2 aromatic rings. The van der Waals surface area contributed by atoms with Crippen LogP contribution in [-0.4, -0.2) is 17.6 Å². The number of hydrogen-bond donors (Lipinski definition) is 1. The lowest BCUT2D eigenvalue weighted by Crippen LogP contribution is -2.26. The first kappa shape index (κ1) is 16.6. The quantitative estimate of drug-likeness (QED) is 0.617. The third-order valence-electron chi connectivity index (χ3n) is 2.78. The number of ether oxygens (including phenoxy) is 1. The first-order valence-corrected chi connectivity index (χ1v) is 8.26. The number of amides is 1. The molecule has 0 fully saturated rings. The summed E-state index contributed by atoms with van der Waals surface area (Å²) in [6.45, 7) is 0. The predicted molar refractivity (Wildman–Crippen MR) is 89.3 cm³/mol. The third-order valence-corrected chi connectivity index (χ3v) is 4.29. The number of esters is 1. The molecule has 0 aliphatic carbocycles. The van der Waals surface area contributed by atoms with Gasteiger partial charge in [-0.2, -0.15) is 0 Å². The maximum absolute atomic E-state index is 11.9. The Hall–Kier alpha value is -1.79. The Bertz CT molecular complexity index is 646. The molecule has 22 heavy (non-hydrogen) atoms. The van der Waals surface area contributed by atoms with Crippen molar-refractivity contribution in [3.05, 3.63) is 64.6 Å². The Morgan fingerprint density at radius 1 is 1.09 bits per heavy atom. The van der Waals surface area contributed by atoms with Crippen LogP contribution in [0, 0.1) is 0 Å². The Morgan fingerprint density at radius 3 is 2.32 bits per heavy atom. The van der Waals surface area contributed by atoms with Crippen LogP contribution < -0.4 is 5.73 Å².